The van der Waals surface area contributed by atoms with E-state index in [0.29, 0.717) is 12.3 Å². The van der Waals surface area contributed by atoms with Crippen LogP contribution in [-0.2, 0) is 11.2 Å². The summed E-state index contributed by atoms with van der Waals surface area (Å²) in [4.78, 5) is 12.2. The minimum Gasteiger partial charge on any atom is -0.326 e. The van der Waals surface area contributed by atoms with Crippen LogP contribution in [0, 0.1) is 6.92 Å². The summed E-state index contributed by atoms with van der Waals surface area (Å²) in [6, 6.07) is 16.7. The fraction of sp³-hybridized carbons (Fsp3) is 0.381. The molecule has 2 rings (SSSR count). The van der Waals surface area contributed by atoms with Crippen LogP contribution in [0.5, 0.6) is 0 Å². The summed E-state index contributed by atoms with van der Waals surface area (Å²) in [6.45, 7) is 6.46. The van der Waals surface area contributed by atoms with Crippen LogP contribution in [-0.4, -0.2) is 5.91 Å². The molecule has 2 aromatic carbocycles. The molecule has 2 nitrogen and oxygen atoms in total. The fourth-order valence-electron chi connectivity index (χ4n) is 2.68. The van der Waals surface area contributed by atoms with E-state index in [2.05, 4.69) is 56.4 Å². The van der Waals surface area contributed by atoms with Gasteiger partial charge in [0.05, 0.1) is 0 Å². The molecule has 0 saturated heterocycles. The van der Waals surface area contributed by atoms with Gasteiger partial charge >= 0.3 is 0 Å². The molecule has 2 aromatic rings. The highest BCUT2D eigenvalue weighted by atomic mass is 16.1. The molecule has 0 bridgehead atoms. The Kier molecular flexibility index (Phi) is 6.40. The van der Waals surface area contributed by atoms with Crippen LogP contribution in [0.15, 0.2) is 48.5 Å². The number of rotatable bonds is 7. The molecule has 0 aliphatic carbocycles. The first-order valence-corrected chi connectivity index (χ1v) is 8.54. The Morgan fingerprint density at radius 1 is 1.09 bits per heavy atom. The summed E-state index contributed by atoms with van der Waals surface area (Å²) in [6.07, 6.45) is 3.45. The Morgan fingerprint density at radius 2 is 1.78 bits per heavy atom. The van der Waals surface area contributed by atoms with Gasteiger partial charge in [-0.25, -0.2) is 0 Å². The Hall–Kier alpha value is -2.09. The molecule has 0 aliphatic rings. The molecule has 0 radical (unpaired) electrons. The lowest BCUT2D eigenvalue weighted by Gasteiger charge is -2.15. The van der Waals surface area contributed by atoms with Gasteiger partial charge in [-0.15, -0.1) is 0 Å². The van der Waals surface area contributed by atoms with Gasteiger partial charge in [0.25, 0.3) is 0 Å². The van der Waals surface area contributed by atoms with Gasteiger partial charge < -0.3 is 5.32 Å². The first-order chi connectivity index (χ1) is 11.1. The molecule has 0 heterocycles. The van der Waals surface area contributed by atoms with E-state index in [9.17, 15) is 4.79 Å². The molecular formula is C21H27NO. The van der Waals surface area contributed by atoms with Gasteiger partial charge in [-0.2, -0.15) is 0 Å². The highest BCUT2D eigenvalue weighted by Gasteiger charge is 2.10. The predicted molar refractivity (Wildman–Crippen MR) is 97.9 cm³/mol. The average molecular weight is 309 g/mol. The summed E-state index contributed by atoms with van der Waals surface area (Å²) in [5.41, 5.74) is 4.75. The van der Waals surface area contributed by atoms with Crippen molar-refractivity contribution in [1.82, 2.24) is 0 Å². The van der Waals surface area contributed by atoms with Gasteiger partial charge in [-0.1, -0.05) is 61.9 Å². The second kappa shape index (κ2) is 8.52. The number of aryl methyl sites for hydroxylation is 2. The van der Waals surface area contributed by atoms with Crippen molar-refractivity contribution in [1.29, 1.82) is 0 Å². The van der Waals surface area contributed by atoms with Crippen LogP contribution in [0.25, 0.3) is 0 Å². The zero-order valence-electron chi connectivity index (χ0n) is 14.4. The molecule has 0 saturated carbocycles. The van der Waals surface area contributed by atoms with Crippen molar-refractivity contribution in [2.24, 2.45) is 0 Å². The van der Waals surface area contributed by atoms with Crippen molar-refractivity contribution in [2.45, 2.75) is 52.4 Å². The number of carbonyl (C=O) groups is 1. The van der Waals surface area contributed by atoms with Crippen LogP contribution in [0.2, 0.25) is 0 Å². The van der Waals surface area contributed by atoms with Crippen LogP contribution in [0.3, 0.4) is 0 Å². The fourth-order valence-corrected chi connectivity index (χ4v) is 2.68. The minimum absolute atomic E-state index is 0.105. The molecule has 2 heteroatoms. The molecule has 122 valence electrons. The summed E-state index contributed by atoms with van der Waals surface area (Å²) in [7, 11) is 0. The average Bonchev–Trinajstić information content (AvgIpc) is 2.56. The lowest BCUT2D eigenvalue weighted by Crippen LogP contribution is -2.13. The number of nitrogens with one attached hydrogen (secondary N) is 1. The highest BCUT2D eigenvalue weighted by Crippen LogP contribution is 2.26. The normalized spacial score (nSPS) is 12.0. The van der Waals surface area contributed by atoms with Gasteiger partial charge in [0.15, 0.2) is 0 Å². The maximum absolute atomic E-state index is 12.2. The topological polar surface area (TPSA) is 29.1 Å². The molecule has 1 unspecified atom stereocenters. The number of anilines is 1. The van der Waals surface area contributed by atoms with Crippen molar-refractivity contribution < 1.29 is 4.79 Å². The summed E-state index contributed by atoms with van der Waals surface area (Å²) in [5.74, 6) is 0.562. The van der Waals surface area contributed by atoms with Crippen LogP contribution in [0.1, 0.15) is 55.7 Å². The molecule has 0 spiro atoms. The monoisotopic (exact) mass is 309 g/mol. The van der Waals surface area contributed by atoms with Crippen LogP contribution in [0.4, 0.5) is 5.69 Å². The number of amides is 1. The third kappa shape index (κ3) is 5.24. The van der Waals surface area contributed by atoms with Crippen molar-refractivity contribution >= 4 is 11.6 Å². The third-order valence-electron chi connectivity index (χ3n) is 4.37. The van der Waals surface area contributed by atoms with Gasteiger partial charge in [0.1, 0.15) is 0 Å². The molecular weight excluding hydrogens is 282 g/mol. The minimum atomic E-state index is 0.105. The SMILES string of the molecule is CCC(C)c1ccccc1NC(=O)CCCc1ccc(C)cc1. The van der Waals surface area contributed by atoms with E-state index in [-0.39, 0.29) is 5.91 Å². The number of hydrogen-bond acceptors (Lipinski definition) is 1. The van der Waals surface area contributed by atoms with Gasteiger partial charge in [0, 0.05) is 12.1 Å². The van der Waals surface area contributed by atoms with Gasteiger partial charge in [0.2, 0.25) is 5.91 Å². The third-order valence-corrected chi connectivity index (χ3v) is 4.37. The predicted octanol–water partition coefficient (Wildman–Crippen LogP) is 5.47. The first kappa shape index (κ1) is 17.3. The second-order valence-electron chi connectivity index (χ2n) is 6.28. The van der Waals surface area contributed by atoms with Crippen molar-refractivity contribution in [3.05, 3.63) is 65.2 Å². The van der Waals surface area contributed by atoms with Crippen molar-refractivity contribution in [3.8, 4) is 0 Å². The molecule has 23 heavy (non-hydrogen) atoms. The van der Waals surface area contributed by atoms with Crippen LogP contribution < -0.4 is 5.32 Å². The number of benzene rings is 2. The zero-order valence-corrected chi connectivity index (χ0v) is 14.4. The summed E-state index contributed by atoms with van der Waals surface area (Å²) in [5, 5.41) is 3.08. The van der Waals surface area contributed by atoms with E-state index >= 15 is 0 Å². The largest absolute Gasteiger partial charge is 0.326 e. The van der Waals surface area contributed by atoms with E-state index in [1.165, 1.54) is 16.7 Å². The Labute approximate surface area is 139 Å². The smallest absolute Gasteiger partial charge is 0.224 e. The Bertz CT molecular complexity index is 631. The van der Waals surface area contributed by atoms with E-state index < -0.39 is 0 Å². The van der Waals surface area contributed by atoms with Crippen molar-refractivity contribution in [3.63, 3.8) is 0 Å². The number of para-hydroxylation sites is 1. The van der Waals surface area contributed by atoms with E-state index in [0.717, 1.165) is 24.9 Å². The quantitative estimate of drug-likeness (QED) is 0.722. The van der Waals surface area contributed by atoms with E-state index in [1.807, 2.05) is 18.2 Å². The number of carbonyl (C=O) groups excluding carboxylic acids is 1. The maximum atomic E-state index is 12.2. The van der Waals surface area contributed by atoms with E-state index in [1.54, 1.807) is 0 Å². The number of hydrogen-bond donors (Lipinski definition) is 1. The van der Waals surface area contributed by atoms with E-state index in [4.69, 9.17) is 0 Å². The second-order valence-corrected chi connectivity index (χ2v) is 6.28. The highest BCUT2D eigenvalue weighted by molar-refractivity contribution is 5.91. The molecule has 0 fully saturated rings. The molecule has 1 atom stereocenters. The maximum Gasteiger partial charge on any atom is 0.224 e. The lowest BCUT2D eigenvalue weighted by molar-refractivity contribution is -0.116. The molecule has 1 N–H and O–H groups in total. The first-order valence-electron chi connectivity index (χ1n) is 8.54. The van der Waals surface area contributed by atoms with Crippen molar-refractivity contribution in [2.75, 3.05) is 5.32 Å². The zero-order chi connectivity index (χ0) is 16.7. The molecule has 0 aliphatic heterocycles. The Balaban J connectivity index is 1.86. The van der Waals surface area contributed by atoms with Crippen LogP contribution >= 0.6 is 0 Å². The lowest BCUT2D eigenvalue weighted by atomic mass is 9.97. The molecule has 0 aromatic heterocycles. The standard InChI is InChI=1S/C21H27NO/c1-4-17(3)19-9-5-6-10-20(19)22-21(23)11-7-8-18-14-12-16(2)13-15-18/h5-6,9-10,12-15,17H,4,7-8,11H2,1-3H3,(H,22,23). The Morgan fingerprint density at radius 3 is 2.48 bits per heavy atom. The van der Waals surface area contributed by atoms with Gasteiger partial charge in [-0.05, 0) is 49.3 Å². The summed E-state index contributed by atoms with van der Waals surface area (Å²) >= 11 is 0. The summed E-state index contributed by atoms with van der Waals surface area (Å²) < 4.78 is 0. The molecule has 1 amide bonds. The van der Waals surface area contributed by atoms with Gasteiger partial charge in [-0.3, -0.25) is 4.79 Å².